The molecule has 0 aliphatic carbocycles. The maximum absolute atomic E-state index is 2.40. The van der Waals surface area contributed by atoms with Gasteiger partial charge in [-0.25, -0.2) is 0 Å². The Bertz CT molecular complexity index is 392. The molecule has 0 nitrogen and oxygen atoms in total. The molecule has 0 fully saturated rings. The van der Waals surface area contributed by atoms with Crippen LogP contribution in [-0.4, -0.2) is 0 Å². The SMILES string of the molecule is CCCCCCC(C)C1=Cc2ccccc2[P]1. The second kappa shape index (κ2) is 6.36. The van der Waals surface area contributed by atoms with Crippen LogP contribution in [0.4, 0.5) is 0 Å². The summed E-state index contributed by atoms with van der Waals surface area (Å²) in [6.45, 7) is 4.66. The molecule has 91 valence electrons. The third-order valence-corrected chi connectivity index (χ3v) is 4.96. The molecule has 0 saturated heterocycles. The van der Waals surface area contributed by atoms with Gasteiger partial charge >= 0.3 is 0 Å². The fourth-order valence-corrected chi connectivity index (χ4v) is 3.58. The van der Waals surface area contributed by atoms with Gasteiger partial charge in [0.15, 0.2) is 0 Å². The van der Waals surface area contributed by atoms with Gasteiger partial charge in [0.05, 0.1) is 0 Å². The molecule has 2 rings (SSSR count). The minimum Gasteiger partial charge on any atom is -0.0654 e. The third kappa shape index (κ3) is 3.42. The second-order valence-electron chi connectivity index (χ2n) is 4.99. The van der Waals surface area contributed by atoms with Crippen molar-refractivity contribution in [1.82, 2.24) is 0 Å². The van der Waals surface area contributed by atoms with E-state index in [4.69, 9.17) is 0 Å². The van der Waals surface area contributed by atoms with E-state index in [1.807, 2.05) is 0 Å². The first kappa shape index (κ1) is 12.8. The zero-order valence-electron chi connectivity index (χ0n) is 10.9. The summed E-state index contributed by atoms with van der Waals surface area (Å²) in [5.74, 6) is 0.751. The summed E-state index contributed by atoms with van der Waals surface area (Å²) in [6, 6.07) is 8.78. The van der Waals surface area contributed by atoms with E-state index < -0.39 is 0 Å². The van der Waals surface area contributed by atoms with Crippen molar-refractivity contribution in [1.29, 1.82) is 0 Å². The first-order valence-corrected chi connectivity index (χ1v) is 7.73. The molecule has 0 bridgehead atoms. The molecule has 0 N–H and O–H groups in total. The highest BCUT2D eigenvalue weighted by molar-refractivity contribution is 7.53. The van der Waals surface area contributed by atoms with E-state index in [1.165, 1.54) is 51.6 Å². The largest absolute Gasteiger partial charge is 0.0654 e. The van der Waals surface area contributed by atoms with E-state index in [0.717, 1.165) is 5.92 Å². The topological polar surface area (TPSA) is 0 Å². The standard InChI is InChI=1S/C16H22P/c1-3-4-5-6-9-13(2)16-12-14-10-7-8-11-15(14)17-16/h7-8,10-13H,3-6,9H2,1-2H3. The van der Waals surface area contributed by atoms with E-state index in [1.54, 1.807) is 5.31 Å². The van der Waals surface area contributed by atoms with Gasteiger partial charge in [0.1, 0.15) is 0 Å². The van der Waals surface area contributed by atoms with Gasteiger partial charge in [-0.3, -0.25) is 0 Å². The second-order valence-corrected chi connectivity index (χ2v) is 6.21. The summed E-state index contributed by atoms with van der Waals surface area (Å²) in [7, 11) is 1.45. The highest BCUT2D eigenvalue weighted by Crippen LogP contribution is 2.39. The number of unbranched alkanes of at least 4 members (excludes halogenated alkanes) is 3. The molecule has 0 aromatic heterocycles. The average molecular weight is 245 g/mol. The van der Waals surface area contributed by atoms with Crippen molar-refractivity contribution in [3.05, 3.63) is 35.1 Å². The minimum atomic E-state index is 0.751. The summed E-state index contributed by atoms with van der Waals surface area (Å²) < 4.78 is 0. The molecule has 1 unspecified atom stereocenters. The van der Waals surface area contributed by atoms with Gasteiger partial charge in [-0.15, -0.1) is 0 Å². The molecule has 1 radical (unpaired) electrons. The molecule has 0 spiro atoms. The van der Waals surface area contributed by atoms with Crippen LogP contribution in [0.25, 0.3) is 6.08 Å². The van der Waals surface area contributed by atoms with Crippen molar-refractivity contribution >= 4 is 20.0 Å². The molecule has 1 heterocycles. The number of allylic oxidation sites excluding steroid dienone is 1. The molecule has 1 aromatic carbocycles. The van der Waals surface area contributed by atoms with Crippen molar-refractivity contribution in [2.24, 2.45) is 5.92 Å². The Morgan fingerprint density at radius 1 is 1.12 bits per heavy atom. The van der Waals surface area contributed by atoms with E-state index in [2.05, 4.69) is 44.2 Å². The summed E-state index contributed by atoms with van der Waals surface area (Å²) in [6.07, 6.45) is 9.27. The van der Waals surface area contributed by atoms with Crippen LogP contribution < -0.4 is 5.30 Å². The van der Waals surface area contributed by atoms with Crippen LogP contribution in [0.15, 0.2) is 29.6 Å². The quantitative estimate of drug-likeness (QED) is 0.476. The summed E-state index contributed by atoms with van der Waals surface area (Å²) in [5.41, 5.74) is 1.43. The Morgan fingerprint density at radius 3 is 2.71 bits per heavy atom. The van der Waals surface area contributed by atoms with E-state index in [-0.39, 0.29) is 0 Å². The highest BCUT2D eigenvalue weighted by Gasteiger charge is 2.17. The average Bonchev–Trinajstić information content (AvgIpc) is 2.78. The van der Waals surface area contributed by atoms with Crippen molar-refractivity contribution in [3.63, 3.8) is 0 Å². The van der Waals surface area contributed by atoms with Gasteiger partial charge in [-0.1, -0.05) is 63.8 Å². The van der Waals surface area contributed by atoms with Gasteiger partial charge in [0.25, 0.3) is 0 Å². The van der Waals surface area contributed by atoms with E-state index in [9.17, 15) is 0 Å². The van der Waals surface area contributed by atoms with Crippen LogP contribution in [0.1, 0.15) is 51.5 Å². The van der Waals surface area contributed by atoms with Crippen LogP contribution in [0.2, 0.25) is 0 Å². The Kier molecular flexibility index (Phi) is 4.80. The lowest BCUT2D eigenvalue weighted by atomic mass is 10.0. The number of hydrogen-bond acceptors (Lipinski definition) is 0. The van der Waals surface area contributed by atoms with Crippen LogP contribution in [-0.2, 0) is 0 Å². The van der Waals surface area contributed by atoms with Crippen LogP contribution >= 0.6 is 8.58 Å². The maximum atomic E-state index is 2.40. The molecular weight excluding hydrogens is 223 g/mol. The molecular formula is C16H22P. The fourth-order valence-electron chi connectivity index (χ4n) is 2.32. The highest BCUT2D eigenvalue weighted by atomic mass is 31.1. The van der Waals surface area contributed by atoms with Crippen LogP contribution in [0.5, 0.6) is 0 Å². The first-order valence-electron chi connectivity index (χ1n) is 6.83. The first-order chi connectivity index (χ1) is 8.31. The fraction of sp³-hybridized carbons (Fsp3) is 0.500. The van der Waals surface area contributed by atoms with Gasteiger partial charge < -0.3 is 0 Å². The molecule has 1 aliphatic rings. The van der Waals surface area contributed by atoms with E-state index >= 15 is 0 Å². The summed E-state index contributed by atoms with van der Waals surface area (Å²) in [5, 5.41) is 3.10. The lowest BCUT2D eigenvalue weighted by Crippen LogP contribution is -1.96. The molecule has 0 amide bonds. The van der Waals surface area contributed by atoms with Crippen molar-refractivity contribution in [3.8, 4) is 0 Å². The lowest BCUT2D eigenvalue weighted by molar-refractivity contribution is 0.557. The number of benzene rings is 1. The Morgan fingerprint density at radius 2 is 1.94 bits per heavy atom. The molecule has 1 heteroatoms. The molecule has 1 aromatic rings. The van der Waals surface area contributed by atoms with Crippen molar-refractivity contribution in [2.45, 2.75) is 46.0 Å². The zero-order chi connectivity index (χ0) is 12.1. The molecule has 17 heavy (non-hydrogen) atoms. The smallest absolute Gasteiger partial charge is 0.00768 e. The molecule has 1 atom stereocenters. The predicted molar refractivity (Wildman–Crippen MR) is 78.9 cm³/mol. The minimum absolute atomic E-state index is 0.751. The van der Waals surface area contributed by atoms with Crippen molar-refractivity contribution < 1.29 is 0 Å². The van der Waals surface area contributed by atoms with E-state index in [0.29, 0.717) is 0 Å². The molecule has 1 aliphatic heterocycles. The predicted octanol–water partition coefficient (Wildman–Crippen LogP) is 5.22. The monoisotopic (exact) mass is 245 g/mol. The number of rotatable bonds is 6. The van der Waals surface area contributed by atoms with Gasteiger partial charge in [0, 0.05) is 0 Å². The van der Waals surface area contributed by atoms with Gasteiger partial charge in [-0.05, 0) is 43.2 Å². The van der Waals surface area contributed by atoms with Gasteiger partial charge in [-0.2, -0.15) is 0 Å². The van der Waals surface area contributed by atoms with Crippen LogP contribution in [0.3, 0.4) is 0 Å². The molecule has 0 saturated carbocycles. The maximum Gasteiger partial charge on any atom is -0.00768 e. The zero-order valence-corrected chi connectivity index (χ0v) is 11.8. The Labute approximate surface area is 107 Å². The number of fused-ring (bicyclic) bond motifs is 1. The normalized spacial score (nSPS) is 16.9. The summed E-state index contributed by atoms with van der Waals surface area (Å²) >= 11 is 0. The third-order valence-electron chi connectivity index (χ3n) is 3.49. The lowest BCUT2D eigenvalue weighted by Gasteiger charge is -2.11. The Hall–Kier alpha value is -0.610. The van der Waals surface area contributed by atoms with Gasteiger partial charge in [0.2, 0.25) is 0 Å². The Balaban J connectivity index is 1.85. The van der Waals surface area contributed by atoms with Crippen LogP contribution in [0, 0.1) is 5.92 Å². The van der Waals surface area contributed by atoms with Crippen molar-refractivity contribution in [2.75, 3.05) is 0 Å². The number of hydrogen-bond donors (Lipinski definition) is 0. The summed E-state index contributed by atoms with van der Waals surface area (Å²) in [4.78, 5) is 0.